The van der Waals surface area contributed by atoms with Crippen molar-refractivity contribution >= 4 is 16.8 Å². The second-order valence-corrected chi connectivity index (χ2v) is 6.69. The molecule has 0 aliphatic carbocycles. The van der Waals surface area contributed by atoms with Crippen LogP contribution in [0.5, 0.6) is 0 Å². The third-order valence-electron chi connectivity index (χ3n) is 4.78. The molecule has 0 radical (unpaired) electrons. The van der Waals surface area contributed by atoms with Crippen molar-refractivity contribution in [2.45, 2.75) is 26.1 Å². The van der Waals surface area contributed by atoms with E-state index >= 15 is 0 Å². The van der Waals surface area contributed by atoms with Gasteiger partial charge in [0.15, 0.2) is 0 Å². The van der Waals surface area contributed by atoms with Crippen molar-refractivity contribution in [1.29, 1.82) is 0 Å². The average molecular weight is 416 g/mol. The number of nitrogens with zero attached hydrogens (tertiary/aromatic N) is 4. The fourth-order valence-corrected chi connectivity index (χ4v) is 3.44. The van der Waals surface area contributed by atoms with Crippen molar-refractivity contribution in [1.82, 2.24) is 19.3 Å². The van der Waals surface area contributed by atoms with Gasteiger partial charge in [-0.3, -0.25) is 4.79 Å². The van der Waals surface area contributed by atoms with Crippen LogP contribution < -0.4 is 0 Å². The van der Waals surface area contributed by atoms with Gasteiger partial charge in [-0.1, -0.05) is 6.07 Å². The van der Waals surface area contributed by atoms with Gasteiger partial charge in [0.05, 0.1) is 22.4 Å². The van der Waals surface area contributed by atoms with Crippen LogP contribution in [0.25, 0.3) is 16.7 Å². The molecule has 0 N–H and O–H groups in total. The zero-order chi connectivity index (χ0) is 21.5. The Kier molecular flexibility index (Phi) is 4.89. The number of ketones is 1. The Hall–Kier alpha value is -3.49. The van der Waals surface area contributed by atoms with Gasteiger partial charge >= 0.3 is 6.18 Å². The van der Waals surface area contributed by atoms with Crippen LogP contribution in [0.1, 0.15) is 28.8 Å². The summed E-state index contributed by atoms with van der Waals surface area (Å²) in [6.45, 7) is 2.43. The normalized spacial score (nSPS) is 11.9. The topological polar surface area (TPSA) is 52.7 Å². The van der Waals surface area contributed by atoms with Crippen LogP contribution in [0.15, 0.2) is 54.7 Å². The maximum atomic E-state index is 13.6. The molecule has 2 aromatic carbocycles. The number of Topliss-reactive ketones (excluding diaryl/α,β-unsaturated/α-hetero) is 1. The summed E-state index contributed by atoms with van der Waals surface area (Å²) >= 11 is 0. The number of halogens is 4. The molecule has 0 unspecified atom stereocenters. The van der Waals surface area contributed by atoms with Crippen LogP contribution in [-0.2, 0) is 13.0 Å². The molecule has 0 aliphatic rings. The molecule has 0 aliphatic heterocycles. The van der Waals surface area contributed by atoms with Crippen LogP contribution in [0, 0.1) is 5.82 Å². The van der Waals surface area contributed by atoms with E-state index in [4.69, 9.17) is 0 Å². The molecule has 0 atom stereocenters. The van der Waals surface area contributed by atoms with Crippen molar-refractivity contribution in [2.75, 3.05) is 0 Å². The van der Waals surface area contributed by atoms with Crippen LogP contribution in [0.4, 0.5) is 17.6 Å². The molecule has 0 fully saturated rings. The number of benzene rings is 2. The zero-order valence-corrected chi connectivity index (χ0v) is 15.8. The highest BCUT2D eigenvalue weighted by molar-refractivity contribution is 6.02. The van der Waals surface area contributed by atoms with E-state index in [0.717, 1.165) is 17.8 Å². The minimum Gasteiger partial charge on any atom is -0.328 e. The first-order chi connectivity index (χ1) is 14.3. The molecule has 4 aromatic rings. The van der Waals surface area contributed by atoms with Gasteiger partial charge < -0.3 is 4.57 Å². The summed E-state index contributed by atoms with van der Waals surface area (Å²) in [7, 11) is 0. The van der Waals surface area contributed by atoms with E-state index in [-0.39, 0.29) is 0 Å². The third kappa shape index (κ3) is 3.58. The number of alkyl halides is 3. The number of carbonyl (C=O) groups is 1. The predicted molar refractivity (Wildman–Crippen MR) is 102 cm³/mol. The molecule has 0 bridgehead atoms. The van der Waals surface area contributed by atoms with Crippen molar-refractivity contribution in [3.8, 4) is 5.69 Å². The zero-order valence-electron chi connectivity index (χ0n) is 15.8. The summed E-state index contributed by atoms with van der Waals surface area (Å²) in [6, 6.07) is 11.5. The summed E-state index contributed by atoms with van der Waals surface area (Å²) in [6.07, 6.45) is -3.04. The number of aryl methyl sites for hydroxylation is 1. The highest BCUT2D eigenvalue weighted by atomic mass is 19.4. The van der Waals surface area contributed by atoms with Crippen molar-refractivity contribution < 1.29 is 22.4 Å². The molecule has 0 saturated carbocycles. The molecule has 154 valence electrons. The van der Waals surface area contributed by atoms with Crippen LogP contribution in [0.3, 0.4) is 0 Å². The number of rotatable bonds is 5. The van der Waals surface area contributed by atoms with Crippen molar-refractivity contribution in [3.05, 3.63) is 77.6 Å². The van der Waals surface area contributed by atoms with Crippen LogP contribution in [0.2, 0.25) is 0 Å². The molecule has 2 aromatic heterocycles. The smallest absolute Gasteiger partial charge is 0.328 e. The lowest BCUT2D eigenvalue weighted by atomic mass is 10.1. The number of aromatic nitrogens is 4. The molecule has 0 spiro atoms. The van der Waals surface area contributed by atoms with E-state index in [9.17, 15) is 22.4 Å². The Morgan fingerprint density at radius 1 is 1.10 bits per heavy atom. The second kappa shape index (κ2) is 7.40. The van der Waals surface area contributed by atoms with Gasteiger partial charge in [-0.2, -0.15) is 18.3 Å². The Labute approximate surface area is 168 Å². The van der Waals surface area contributed by atoms with Gasteiger partial charge in [0.2, 0.25) is 0 Å². The Morgan fingerprint density at radius 3 is 2.60 bits per heavy atom. The first-order valence-corrected chi connectivity index (χ1v) is 9.17. The molecule has 5 nitrogen and oxygen atoms in total. The maximum Gasteiger partial charge on any atom is 0.454 e. The van der Waals surface area contributed by atoms with Crippen molar-refractivity contribution in [3.63, 3.8) is 0 Å². The van der Waals surface area contributed by atoms with Gasteiger partial charge in [-0.05, 0) is 49.4 Å². The van der Waals surface area contributed by atoms with Crippen LogP contribution >= 0.6 is 0 Å². The van der Waals surface area contributed by atoms with E-state index in [2.05, 4.69) is 10.1 Å². The summed E-state index contributed by atoms with van der Waals surface area (Å²) in [4.78, 5) is 16.0. The molecule has 2 heterocycles. The Bertz CT molecular complexity index is 1240. The molecule has 0 amide bonds. The summed E-state index contributed by atoms with van der Waals surface area (Å²) in [5.74, 6) is -1.69. The first kappa shape index (κ1) is 19.8. The summed E-state index contributed by atoms with van der Waals surface area (Å²) < 4.78 is 55.3. The standard InChI is InChI=1S/C21H16F4N4O/c1-2-28-18-7-6-13(20(30)21(23,24)25)10-17(18)27-19(28)12-16-8-9-26-29(16)15-5-3-4-14(22)11-15/h3-11H,2,12H2,1H3. The fraction of sp³-hybridized carbons (Fsp3) is 0.190. The number of imidazole rings is 1. The van der Waals surface area contributed by atoms with E-state index < -0.39 is 23.3 Å². The van der Waals surface area contributed by atoms with Crippen molar-refractivity contribution in [2.24, 2.45) is 0 Å². The number of hydrogen-bond donors (Lipinski definition) is 0. The maximum absolute atomic E-state index is 13.6. The summed E-state index contributed by atoms with van der Waals surface area (Å²) in [5, 5.41) is 4.24. The van der Waals surface area contributed by atoms with E-state index in [1.807, 2.05) is 11.5 Å². The lowest BCUT2D eigenvalue weighted by molar-refractivity contribution is -0.0885. The highest BCUT2D eigenvalue weighted by Crippen LogP contribution is 2.26. The predicted octanol–water partition coefficient (Wildman–Crippen LogP) is 4.72. The lowest BCUT2D eigenvalue weighted by Crippen LogP contribution is -2.22. The second-order valence-electron chi connectivity index (χ2n) is 6.69. The largest absolute Gasteiger partial charge is 0.454 e. The molecule has 9 heteroatoms. The van der Waals surface area contributed by atoms with Gasteiger partial charge in [0, 0.05) is 24.7 Å². The van der Waals surface area contributed by atoms with Gasteiger partial charge in [0.25, 0.3) is 5.78 Å². The van der Waals surface area contributed by atoms with E-state index in [0.29, 0.717) is 35.5 Å². The quantitative estimate of drug-likeness (QED) is 0.350. The molecular weight excluding hydrogens is 400 g/mol. The number of fused-ring (bicyclic) bond motifs is 1. The molecule has 30 heavy (non-hydrogen) atoms. The minimum atomic E-state index is -4.94. The first-order valence-electron chi connectivity index (χ1n) is 9.17. The monoisotopic (exact) mass is 416 g/mol. The van der Waals surface area contributed by atoms with Gasteiger partial charge in [-0.15, -0.1) is 0 Å². The molecule has 4 rings (SSSR count). The number of carbonyl (C=O) groups excluding carboxylic acids is 1. The number of hydrogen-bond acceptors (Lipinski definition) is 3. The molecule has 0 saturated heterocycles. The lowest BCUT2D eigenvalue weighted by Gasteiger charge is -2.09. The van der Waals surface area contributed by atoms with E-state index in [1.165, 1.54) is 18.2 Å². The van der Waals surface area contributed by atoms with Crippen LogP contribution in [-0.4, -0.2) is 31.3 Å². The van der Waals surface area contributed by atoms with E-state index in [1.54, 1.807) is 29.1 Å². The average Bonchev–Trinajstić information content (AvgIpc) is 3.30. The Balaban J connectivity index is 1.74. The van der Waals surface area contributed by atoms with Gasteiger partial charge in [0.1, 0.15) is 11.6 Å². The third-order valence-corrected chi connectivity index (χ3v) is 4.78. The summed E-state index contributed by atoms with van der Waals surface area (Å²) in [5.41, 5.74) is 1.76. The SMILES string of the molecule is CCn1c(Cc2ccnn2-c2cccc(F)c2)nc2cc(C(=O)C(F)(F)F)ccc21. The minimum absolute atomic E-state index is 0.304. The molecular formula is C21H16F4N4O. The fourth-order valence-electron chi connectivity index (χ4n) is 3.44. The Morgan fingerprint density at radius 2 is 1.90 bits per heavy atom. The van der Waals surface area contributed by atoms with Gasteiger partial charge in [-0.25, -0.2) is 14.1 Å². The highest BCUT2D eigenvalue weighted by Gasteiger charge is 2.39.